The number of carbonyl (C=O) groups is 1. The van der Waals surface area contributed by atoms with Gasteiger partial charge in [0.15, 0.2) is 0 Å². The van der Waals surface area contributed by atoms with Gasteiger partial charge in [-0.05, 0) is 38.0 Å². The summed E-state index contributed by atoms with van der Waals surface area (Å²) in [6.07, 6.45) is 4.42. The first kappa shape index (κ1) is 17.8. The van der Waals surface area contributed by atoms with Gasteiger partial charge in [-0.3, -0.25) is 14.3 Å². The summed E-state index contributed by atoms with van der Waals surface area (Å²) in [5.74, 6) is -0.149. The zero-order valence-electron chi connectivity index (χ0n) is 12.6. The summed E-state index contributed by atoms with van der Waals surface area (Å²) in [4.78, 5) is 15.7. The Hall–Kier alpha value is -1.23. The van der Waals surface area contributed by atoms with Crippen LogP contribution in [0.15, 0.2) is 24.5 Å². The Morgan fingerprint density at radius 3 is 2.43 bits per heavy atom. The van der Waals surface area contributed by atoms with E-state index in [1.807, 2.05) is 12.1 Å². The van der Waals surface area contributed by atoms with Crippen LogP contribution in [0.2, 0.25) is 0 Å². The minimum atomic E-state index is -3.13. The molecule has 1 amide bonds. The number of pyridine rings is 1. The Morgan fingerprint density at radius 1 is 1.24 bits per heavy atom. The highest BCUT2D eigenvalue weighted by Crippen LogP contribution is 2.48. The quantitative estimate of drug-likeness (QED) is 0.671. The molecular weight excluding hydrogens is 291 g/mol. The normalized spacial score (nSPS) is 11.3. The SMILES string of the molecule is CCOP(=O)(CCC(=O)NCCc1ccncc1)OCC. The minimum absolute atomic E-state index is 0.107. The molecule has 1 rings (SSSR count). The van der Waals surface area contributed by atoms with Gasteiger partial charge in [0.25, 0.3) is 0 Å². The van der Waals surface area contributed by atoms with Crippen LogP contribution in [-0.4, -0.2) is 36.8 Å². The van der Waals surface area contributed by atoms with Gasteiger partial charge in [-0.15, -0.1) is 0 Å². The second kappa shape index (κ2) is 9.66. The van der Waals surface area contributed by atoms with Crippen molar-refractivity contribution in [3.05, 3.63) is 30.1 Å². The molecule has 1 heterocycles. The van der Waals surface area contributed by atoms with Gasteiger partial charge in [0.05, 0.1) is 19.4 Å². The molecule has 21 heavy (non-hydrogen) atoms. The van der Waals surface area contributed by atoms with Crippen molar-refractivity contribution < 1.29 is 18.4 Å². The fourth-order valence-corrected chi connectivity index (χ4v) is 3.38. The van der Waals surface area contributed by atoms with Crippen LogP contribution >= 0.6 is 7.60 Å². The highest BCUT2D eigenvalue weighted by Gasteiger charge is 2.24. The maximum absolute atomic E-state index is 12.2. The van der Waals surface area contributed by atoms with E-state index in [2.05, 4.69) is 10.3 Å². The summed E-state index contributed by atoms with van der Waals surface area (Å²) in [6.45, 7) is 4.65. The van der Waals surface area contributed by atoms with Crippen LogP contribution in [0.4, 0.5) is 0 Å². The van der Waals surface area contributed by atoms with Crippen molar-refractivity contribution in [3.8, 4) is 0 Å². The first-order valence-electron chi connectivity index (χ1n) is 7.13. The zero-order valence-corrected chi connectivity index (χ0v) is 13.5. The van der Waals surface area contributed by atoms with Gasteiger partial charge < -0.3 is 14.4 Å². The molecule has 0 bridgehead atoms. The maximum atomic E-state index is 12.2. The van der Waals surface area contributed by atoms with E-state index in [1.54, 1.807) is 26.2 Å². The van der Waals surface area contributed by atoms with Gasteiger partial charge >= 0.3 is 7.60 Å². The van der Waals surface area contributed by atoms with Crippen LogP contribution in [0.5, 0.6) is 0 Å². The number of hydrogen-bond donors (Lipinski definition) is 1. The smallest absolute Gasteiger partial charge is 0.331 e. The summed E-state index contributed by atoms with van der Waals surface area (Å²) in [5.41, 5.74) is 1.11. The number of rotatable bonds is 10. The lowest BCUT2D eigenvalue weighted by Crippen LogP contribution is -2.26. The molecule has 0 aliphatic heterocycles. The Balaban J connectivity index is 2.28. The predicted molar refractivity (Wildman–Crippen MR) is 81.3 cm³/mol. The third kappa shape index (κ3) is 7.37. The van der Waals surface area contributed by atoms with Gasteiger partial charge in [0.1, 0.15) is 0 Å². The van der Waals surface area contributed by atoms with Crippen molar-refractivity contribution >= 4 is 13.5 Å². The third-order valence-corrected chi connectivity index (χ3v) is 4.82. The van der Waals surface area contributed by atoms with Crippen LogP contribution in [-0.2, 0) is 24.8 Å². The van der Waals surface area contributed by atoms with E-state index < -0.39 is 7.60 Å². The fourth-order valence-electron chi connectivity index (χ4n) is 1.78. The number of nitrogens with zero attached hydrogens (tertiary/aromatic N) is 1. The van der Waals surface area contributed by atoms with Crippen LogP contribution in [0.1, 0.15) is 25.8 Å². The van der Waals surface area contributed by atoms with Crippen molar-refractivity contribution in [2.75, 3.05) is 25.9 Å². The summed E-state index contributed by atoms with van der Waals surface area (Å²) >= 11 is 0. The van der Waals surface area contributed by atoms with Crippen molar-refractivity contribution in [1.82, 2.24) is 10.3 Å². The van der Waals surface area contributed by atoms with E-state index in [0.717, 1.165) is 12.0 Å². The van der Waals surface area contributed by atoms with Crippen molar-refractivity contribution in [2.24, 2.45) is 0 Å². The molecule has 0 fully saturated rings. The van der Waals surface area contributed by atoms with Gasteiger partial charge in [-0.25, -0.2) is 0 Å². The molecule has 0 atom stereocenters. The van der Waals surface area contributed by atoms with E-state index in [0.29, 0.717) is 19.8 Å². The largest absolute Gasteiger partial charge is 0.356 e. The minimum Gasteiger partial charge on any atom is -0.356 e. The predicted octanol–water partition coefficient (Wildman–Crippen LogP) is 2.40. The highest BCUT2D eigenvalue weighted by atomic mass is 31.2. The first-order valence-corrected chi connectivity index (χ1v) is 8.86. The van der Waals surface area contributed by atoms with Gasteiger partial charge in [-0.1, -0.05) is 0 Å². The van der Waals surface area contributed by atoms with Crippen LogP contribution < -0.4 is 5.32 Å². The summed E-state index contributed by atoms with van der Waals surface area (Å²) in [6, 6.07) is 3.81. The van der Waals surface area contributed by atoms with E-state index in [4.69, 9.17) is 9.05 Å². The Labute approximate surface area is 125 Å². The van der Waals surface area contributed by atoms with Gasteiger partial charge in [-0.2, -0.15) is 0 Å². The summed E-state index contributed by atoms with van der Waals surface area (Å²) < 4.78 is 22.5. The summed E-state index contributed by atoms with van der Waals surface area (Å²) in [7, 11) is -3.13. The number of nitrogens with one attached hydrogen (secondary N) is 1. The molecule has 0 radical (unpaired) electrons. The lowest BCUT2D eigenvalue weighted by atomic mass is 10.2. The van der Waals surface area contributed by atoms with Gasteiger partial charge in [0.2, 0.25) is 5.91 Å². The molecule has 0 saturated carbocycles. The van der Waals surface area contributed by atoms with Crippen LogP contribution in [0.3, 0.4) is 0 Å². The van der Waals surface area contributed by atoms with E-state index >= 15 is 0 Å². The molecule has 0 aromatic carbocycles. The molecule has 118 valence electrons. The van der Waals surface area contributed by atoms with Crippen molar-refractivity contribution in [2.45, 2.75) is 26.7 Å². The van der Waals surface area contributed by atoms with Crippen molar-refractivity contribution in [1.29, 1.82) is 0 Å². The average molecular weight is 314 g/mol. The number of amides is 1. The van der Waals surface area contributed by atoms with Crippen molar-refractivity contribution in [3.63, 3.8) is 0 Å². The van der Waals surface area contributed by atoms with Crippen LogP contribution in [0, 0.1) is 0 Å². The second-order valence-electron chi connectivity index (χ2n) is 4.38. The second-order valence-corrected chi connectivity index (χ2v) is 6.56. The summed E-state index contributed by atoms with van der Waals surface area (Å²) in [5, 5.41) is 2.80. The first-order chi connectivity index (χ1) is 10.1. The molecule has 0 unspecified atom stereocenters. The standard InChI is InChI=1S/C14H23N2O4P/c1-3-19-21(18,20-4-2)12-8-14(17)16-11-7-13-5-9-15-10-6-13/h5-6,9-10H,3-4,7-8,11-12H2,1-2H3,(H,16,17). The molecule has 0 aliphatic carbocycles. The molecular formula is C14H23N2O4P. The number of carbonyl (C=O) groups excluding carboxylic acids is 1. The topological polar surface area (TPSA) is 77.5 Å². The lowest BCUT2D eigenvalue weighted by Gasteiger charge is -2.16. The molecule has 0 aliphatic rings. The Bertz CT molecular complexity index is 457. The number of aromatic nitrogens is 1. The molecule has 1 N–H and O–H groups in total. The molecule has 0 saturated heterocycles. The maximum Gasteiger partial charge on any atom is 0.331 e. The monoisotopic (exact) mass is 314 g/mol. The number of hydrogen-bond acceptors (Lipinski definition) is 5. The Kier molecular flexibility index (Phi) is 8.20. The van der Waals surface area contributed by atoms with Crippen LogP contribution in [0.25, 0.3) is 0 Å². The van der Waals surface area contributed by atoms with E-state index in [-0.39, 0.29) is 18.5 Å². The molecule has 0 spiro atoms. The van der Waals surface area contributed by atoms with Gasteiger partial charge in [0, 0.05) is 25.4 Å². The molecule has 7 heteroatoms. The molecule has 1 aromatic rings. The Morgan fingerprint density at radius 2 is 1.86 bits per heavy atom. The lowest BCUT2D eigenvalue weighted by molar-refractivity contribution is -0.120. The molecule has 1 aromatic heterocycles. The third-order valence-electron chi connectivity index (χ3n) is 2.75. The van der Waals surface area contributed by atoms with E-state index in [1.165, 1.54) is 0 Å². The highest BCUT2D eigenvalue weighted by molar-refractivity contribution is 7.53. The fraction of sp³-hybridized carbons (Fsp3) is 0.571. The van der Waals surface area contributed by atoms with E-state index in [9.17, 15) is 9.36 Å². The zero-order chi connectivity index (χ0) is 15.6. The molecule has 6 nitrogen and oxygen atoms in total. The average Bonchev–Trinajstić information content (AvgIpc) is 2.47.